The topological polar surface area (TPSA) is 66.4 Å². The van der Waals surface area contributed by atoms with E-state index in [0.29, 0.717) is 12.8 Å². The molecule has 0 radical (unpaired) electrons. The summed E-state index contributed by atoms with van der Waals surface area (Å²) in [5.74, 6) is -1.24. The second kappa shape index (κ2) is 5.44. The zero-order valence-corrected chi connectivity index (χ0v) is 14.0. The first-order valence-corrected chi connectivity index (χ1v) is 7.77. The van der Waals surface area contributed by atoms with E-state index in [1.165, 1.54) is 0 Å². The van der Waals surface area contributed by atoms with Gasteiger partial charge in [-0.1, -0.05) is 29.8 Å². The van der Waals surface area contributed by atoms with Crippen molar-refractivity contribution >= 4 is 33.5 Å². The molecular weight excluding hydrogens is 334 g/mol. The molecular formula is C16H20BrNO3. The van der Waals surface area contributed by atoms with E-state index < -0.39 is 16.8 Å². The Kier molecular flexibility index (Phi) is 4.15. The summed E-state index contributed by atoms with van der Waals surface area (Å²) in [6.45, 7) is 5.49. The van der Waals surface area contributed by atoms with E-state index in [4.69, 9.17) is 0 Å². The van der Waals surface area contributed by atoms with Crippen molar-refractivity contribution < 1.29 is 14.7 Å². The third-order valence-corrected chi connectivity index (χ3v) is 5.66. The van der Waals surface area contributed by atoms with Crippen LogP contribution in [0.25, 0.3) is 0 Å². The second-order valence-corrected chi connectivity index (χ2v) is 7.36. The fourth-order valence-electron chi connectivity index (χ4n) is 3.10. The van der Waals surface area contributed by atoms with E-state index in [1.807, 2.05) is 38.1 Å². The molecule has 2 rings (SSSR count). The molecule has 0 heterocycles. The average Bonchev–Trinajstić information content (AvgIpc) is 2.64. The molecule has 1 aromatic carbocycles. The molecule has 114 valence electrons. The van der Waals surface area contributed by atoms with Crippen LogP contribution in [0.4, 0.5) is 5.69 Å². The van der Waals surface area contributed by atoms with Gasteiger partial charge in [-0.05, 0) is 49.4 Å². The number of hydrogen-bond acceptors (Lipinski definition) is 2. The summed E-state index contributed by atoms with van der Waals surface area (Å²) >= 11 is 3.35. The first-order chi connectivity index (χ1) is 9.68. The average molecular weight is 354 g/mol. The Morgan fingerprint density at radius 1 is 1.24 bits per heavy atom. The van der Waals surface area contributed by atoms with Crippen molar-refractivity contribution in [3.05, 3.63) is 28.7 Å². The number of hydrogen-bond donors (Lipinski definition) is 2. The summed E-state index contributed by atoms with van der Waals surface area (Å²) in [5.41, 5.74) is -0.726. The maximum absolute atomic E-state index is 12.5. The van der Waals surface area contributed by atoms with E-state index in [0.717, 1.165) is 10.2 Å². The third kappa shape index (κ3) is 2.71. The lowest BCUT2D eigenvalue weighted by molar-refractivity contribution is -0.154. The molecule has 1 aromatic rings. The van der Waals surface area contributed by atoms with Gasteiger partial charge in [0.15, 0.2) is 0 Å². The van der Waals surface area contributed by atoms with E-state index in [2.05, 4.69) is 21.2 Å². The van der Waals surface area contributed by atoms with Crippen molar-refractivity contribution in [2.75, 3.05) is 5.32 Å². The summed E-state index contributed by atoms with van der Waals surface area (Å²) in [6, 6.07) is 7.36. The molecule has 0 aliphatic heterocycles. The molecule has 0 unspecified atom stereocenters. The lowest BCUT2D eigenvalue weighted by Crippen LogP contribution is -2.43. The molecule has 21 heavy (non-hydrogen) atoms. The van der Waals surface area contributed by atoms with Gasteiger partial charge in [0, 0.05) is 16.1 Å². The highest BCUT2D eigenvalue weighted by molar-refractivity contribution is 9.10. The molecule has 2 N–H and O–H groups in total. The molecule has 2 atom stereocenters. The lowest BCUT2D eigenvalue weighted by atomic mass is 9.65. The lowest BCUT2D eigenvalue weighted by Gasteiger charge is -2.37. The summed E-state index contributed by atoms with van der Waals surface area (Å²) in [4.78, 5) is 24.1. The molecule has 1 saturated carbocycles. The van der Waals surface area contributed by atoms with Crippen LogP contribution in [-0.4, -0.2) is 17.0 Å². The molecule has 1 aliphatic carbocycles. The molecule has 1 aliphatic rings. The predicted molar refractivity (Wildman–Crippen MR) is 85.0 cm³/mol. The van der Waals surface area contributed by atoms with Gasteiger partial charge in [-0.25, -0.2) is 0 Å². The number of nitrogens with one attached hydrogen (secondary N) is 1. The summed E-state index contributed by atoms with van der Waals surface area (Å²) < 4.78 is 0.945. The molecule has 0 spiro atoms. The highest BCUT2D eigenvalue weighted by atomic mass is 79.9. The van der Waals surface area contributed by atoms with Crippen LogP contribution in [0.2, 0.25) is 0 Å². The van der Waals surface area contributed by atoms with E-state index in [9.17, 15) is 14.7 Å². The van der Waals surface area contributed by atoms with Gasteiger partial charge in [0.25, 0.3) is 0 Å². The number of carbonyl (C=O) groups is 2. The molecule has 1 fully saturated rings. The van der Waals surface area contributed by atoms with Crippen molar-refractivity contribution in [2.45, 2.75) is 33.6 Å². The number of rotatable bonds is 3. The Hall–Kier alpha value is -1.36. The Morgan fingerprint density at radius 3 is 2.29 bits per heavy atom. The van der Waals surface area contributed by atoms with Crippen LogP contribution in [0.5, 0.6) is 0 Å². The Labute approximate surface area is 133 Å². The van der Waals surface area contributed by atoms with Crippen molar-refractivity contribution in [3.8, 4) is 0 Å². The van der Waals surface area contributed by atoms with Crippen molar-refractivity contribution in [1.29, 1.82) is 0 Å². The second-order valence-electron chi connectivity index (χ2n) is 6.45. The third-order valence-electron chi connectivity index (χ3n) is 5.13. The van der Waals surface area contributed by atoms with Crippen LogP contribution in [0.15, 0.2) is 28.7 Å². The first-order valence-electron chi connectivity index (χ1n) is 6.98. The number of benzene rings is 1. The first kappa shape index (κ1) is 16.0. The largest absolute Gasteiger partial charge is 0.481 e. The Bertz CT molecular complexity index is 567. The normalized spacial score (nSPS) is 27.3. The molecule has 0 saturated heterocycles. The highest BCUT2D eigenvalue weighted by Crippen LogP contribution is 2.56. The number of carboxylic acid groups (broad SMARTS) is 1. The smallest absolute Gasteiger partial charge is 0.309 e. The van der Waals surface area contributed by atoms with Gasteiger partial charge in [-0.15, -0.1) is 0 Å². The van der Waals surface area contributed by atoms with Crippen LogP contribution < -0.4 is 5.32 Å². The number of amides is 1. The standard InChI is InChI=1S/C16H20BrNO3/c1-15(2)12(8-9-16(15,3)14(20)21)13(19)18-11-6-4-10(17)5-7-11/h4-7,12H,8-9H2,1-3H3,(H,18,19)(H,20,21)/t12-,16+/m1/s1. The maximum atomic E-state index is 12.5. The number of aliphatic carboxylic acids is 1. The van der Waals surface area contributed by atoms with Gasteiger partial charge in [-0.3, -0.25) is 9.59 Å². The summed E-state index contributed by atoms with van der Waals surface area (Å²) in [7, 11) is 0. The van der Waals surface area contributed by atoms with Crippen molar-refractivity contribution in [3.63, 3.8) is 0 Å². The minimum atomic E-state index is -0.866. The molecule has 1 amide bonds. The maximum Gasteiger partial charge on any atom is 0.309 e. The van der Waals surface area contributed by atoms with Crippen molar-refractivity contribution in [2.24, 2.45) is 16.7 Å². The molecule has 5 heteroatoms. The summed E-state index contributed by atoms with van der Waals surface area (Å²) in [5, 5.41) is 12.4. The SMILES string of the molecule is CC1(C)[C@@H](C(=O)Nc2ccc(Br)cc2)CC[C@@]1(C)C(=O)O. The summed E-state index contributed by atoms with van der Waals surface area (Å²) in [6.07, 6.45) is 1.12. The molecule has 4 nitrogen and oxygen atoms in total. The van der Waals surface area contributed by atoms with Gasteiger partial charge >= 0.3 is 5.97 Å². The van der Waals surface area contributed by atoms with Gasteiger partial charge in [0.1, 0.15) is 0 Å². The quantitative estimate of drug-likeness (QED) is 0.865. The van der Waals surface area contributed by atoms with Crippen LogP contribution in [0.1, 0.15) is 33.6 Å². The van der Waals surface area contributed by atoms with Gasteiger partial charge < -0.3 is 10.4 Å². The van der Waals surface area contributed by atoms with E-state index >= 15 is 0 Å². The predicted octanol–water partition coefficient (Wildman–Crippen LogP) is 3.91. The van der Waals surface area contributed by atoms with Crippen LogP contribution in [-0.2, 0) is 9.59 Å². The molecule has 0 aromatic heterocycles. The van der Waals surface area contributed by atoms with Gasteiger partial charge in [-0.2, -0.15) is 0 Å². The van der Waals surface area contributed by atoms with Gasteiger partial charge in [0.05, 0.1) is 5.41 Å². The Balaban J connectivity index is 2.17. The number of carbonyl (C=O) groups excluding carboxylic acids is 1. The number of halogens is 1. The van der Waals surface area contributed by atoms with E-state index in [-0.39, 0.29) is 11.8 Å². The minimum Gasteiger partial charge on any atom is -0.481 e. The minimum absolute atomic E-state index is 0.104. The highest BCUT2D eigenvalue weighted by Gasteiger charge is 2.58. The zero-order chi connectivity index (χ0) is 15.8. The number of anilines is 1. The molecule has 0 bridgehead atoms. The zero-order valence-electron chi connectivity index (χ0n) is 12.4. The number of carboxylic acids is 1. The fraction of sp³-hybridized carbons (Fsp3) is 0.500. The van der Waals surface area contributed by atoms with Crippen LogP contribution >= 0.6 is 15.9 Å². The van der Waals surface area contributed by atoms with Gasteiger partial charge in [0.2, 0.25) is 5.91 Å². The monoisotopic (exact) mass is 353 g/mol. The van der Waals surface area contributed by atoms with Crippen LogP contribution in [0, 0.1) is 16.7 Å². The van der Waals surface area contributed by atoms with Crippen LogP contribution in [0.3, 0.4) is 0 Å². The van der Waals surface area contributed by atoms with E-state index in [1.54, 1.807) is 6.92 Å². The Morgan fingerprint density at radius 2 is 1.81 bits per heavy atom. The fourth-order valence-corrected chi connectivity index (χ4v) is 3.37. The van der Waals surface area contributed by atoms with Crippen molar-refractivity contribution in [1.82, 2.24) is 0 Å².